The molecule has 1 unspecified atom stereocenters. The molecule has 27 nitrogen and oxygen atoms in total. The van der Waals surface area contributed by atoms with Crippen LogP contribution in [-0.2, 0) is 47.7 Å². The molecular formula is C67H91N7O20S2. The molecule has 0 aromatic heterocycles. The van der Waals surface area contributed by atoms with Crippen LogP contribution in [-0.4, -0.2) is 230 Å². The molecule has 2 aliphatic rings. The molecule has 6 amide bonds. The summed E-state index contributed by atoms with van der Waals surface area (Å²) in [6, 6.07) is 30.1. The fraction of sp³-hybridized carbons (Fsp3) is 0.522. The first-order valence-electron chi connectivity index (χ1n) is 32.1. The smallest absolute Gasteiger partial charge is 0.364 e. The molecule has 2 fully saturated rings. The van der Waals surface area contributed by atoms with Gasteiger partial charge in [0.15, 0.2) is 0 Å². The normalized spacial score (nSPS) is 21.6. The van der Waals surface area contributed by atoms with Gasteiger partial charge in [-0.1, -0.05) is 91.3 Å². The van der Waals surface area contributed by atoms with Gasteiger partial charge in [-0.3, -0.25) is 28.8 Å². The Morgan fingerprint density at radius 3 is 1.59 bits per heavy atom. The Hall–Kier alpha value is -7.10. The summed E-state index contributed by atoms with van der Waals surface area (Å²) in [6.45, 7) is 0.733. The number of benzene rings is 4. The molecule has 0 aliphatic carbocycles. The van der Waals surface area contributed by atoms with E-state index in [0.717, 1.165) is 35.6 Å². The predicted molar refractivity (Wildman–Crippen MR) is 357 cm³/mol. The topological polar surface area (TPSA) is 434 Å². The number of thioether (sulfide) groups is 2. The lowest BCUT2D eigenvalue weighted by Gasteiger charge is -2.46. The van der Waals surface area contributed by atoms with Crippen LogP contribution in [0.2, 0.25) is 0 Å². The second-order valence-corrected chi connectivity index (χ2v) is 25.8. The molecule has 0 saturated carbocycles. The highest BCUT2D eigenvalue weighted by Crippen LogP contribution is 2.35. The van der Waals surface area contributed by atoms with E-state index >= 15 is 0 Å². The fourth-order valence-electron chi connectivity index (χ4n) is 10.8. The molecule has 6 rings (SSSR count). The number of ether oxygens (including phenoxy) is 4. The third-order valence-electron chi connectivity index (χ3n) is 16.0. The van der Waals surface area contributed by atoms with E-state index in [1.165, 1.54) is 23.5 Å². The Kier molecular flexibility index (Phi) is 32.4. The van der Waals surface area contributed by atoms with E-state index < -0.39 is 134 Å². The monoisotopic (exact) mass is 1380 g/mol. The van der Waals surface area contributed by atoms with Crippen molar-refractivity contribution in [3.05, 3.63) is 120 Å². The minimum atomic E-state index is -2.51. The van der Waals surface area contributed by atoms with Crippen LogP contribution in [0.25, 0.3) is 22.3 Å². The Balaban J connectivity index is 0.881. The van der Waals surface area contributed by atoms with Crippen molar-refractivity contribution in [3.8, 4) is 22.3 Å². The lowest BCUT2D eigenvalue weighted by Crippen LogP contribution is -2.68. The van der Waals surface area contributed by atoms with Crippen LogP contribution in [0.15, 0.2) is 109 Å². The van der Waals surface area contributed by atoms with Gasteiger partial charge in [0, 0.05) is 87.8 Å². The Bertz CT molecular complexity index is 3110. The molecule has 526 valence electrons. The number of aliphatic hydroxyl groups excluding tert-OH is 6. The van der Waals surface area contributed by atoms with E-state index in [4.69, 9.17) is 24.7 Å². The molecule has 29 heteroatoms. The first kappa shape index (κ1) is 77.9. The second-order valence-electron chi connectivity index (χ2n) is 23.4. The molecule has 16 N–H and O–H groups in total. The first-order chi connectivity index (χ1) is 46.0. The number of nitrogens with two attached hydrogens (primary N) is 1. The van der Waals surface area contributed by atoms with Crippen LogP contribution in [0.3, 0.4) is 0 Å². The maximum Gasteiger partial charge on any atom is 0.364 e. The summed E-state index contributed by atoms with van der Waals surface area (Å²) in [6.07, 6.45) is -11.8. The van der Waals surface area contributed by atoms with Crippen molar-refractivity contribution in [2.45, 2.75) is 150 Å². The fourth-order valence-corrected chi connectivity index (χ4v) is 12.3. The zero-order chi connectivity index (χ0) is 69.6. The molecule has 2 saturated heterocycles. The molecule has 4 aromatic rings. The summed E-state index contributed by atoms with van der Waals surface area (Å²) < 4.78 is 23.1. The minimum Gasteiger partial charge on any atom is -0.477 e. The van der Waals surface area contributed by atoms with E-state index in [1.54, 1.807) is 48.5 Å². The van der Waals surface area contributed by atoms with Gasteiger partial charge in [-0.2, -0.15) is 23.5 Å². The van der Waals surface area contributed by atoms with Gasteiger partial charge >= 0.3 is 11.9 Å². The number of nitrogens with one attached hydrogen (secondary N) is 6. The SMILES string of the molecule is CC(=O)N[C@H]1[C@H]([C@H](O)[C@H](O)CNC(=O)c2ccc(-c3ccccc3)cc2)O[C@@](OCCCSCCNC(=O)CCC(NC(=O)CCCCCN)C(=O)NCCSCCCO[C@]2(C(=O)O)C[C@H](O)C[C@H]([C@H](O)[C@H](O)CNC(=O)c3ccc(-c4ccccc4)cc3)O2)(C(=O)O)C[C@@H]1O. The maximum absolute atomic E-state index is 13.4. The van der Waals surface area contributed by atoms with Crippen molar-refractivity contribution < 1.29 is 98.2 Å². The van der Waals surface area contributed by atoms with E-state index in [2.05, 4.69) is 31.9 Å². The van der Waals surface area contributed by atoms with E-state index in [1.807, 2.05) is 60.7 Å². The van der Waals surface area contributed by atoms with Crippen molar-refractivity contribution in [1.29, 1.82) is 0 Å². The zero-order valence-electron chi connectivity index (χ0n) is 53.6. The number of hydrogen-bond donors (Lipinski definition) is 15. The first-order valence-corrected chi connectivity index (χ1v) is 34.4. The molecule has 0 spiro atoms. The molecule has 0 bridgehead atoms. The number of rotatable bonds is 41. The average molecular weight is 1380 g/mol. The molecular weight excluding hydrogens is 1290 g/mol. The number of carbonyl (C=O) groups is 8. The largest absolute Gasteiger partial charge is 0.477 e. The van der Waals surface area contributed by atoms with E-state index in [0.29, 0.717) is 54.4 Å². The van der Waals surface area contributed by atoms with Crippen LogP contribution in [0.1, 0.15) is 98.3 Å². The van der Waals surface area contributed by atoms with Crippen LogP contribution < -0.4 is 37.6 Å². The number of hydrogen-bond acceptors (Lipinski definition) is 21. The lowest BCUT2D eigenvalue weighted by molar-refractivity contribution is -0.310. The molecule has 2 aliphatic heterocycles. The molecule has 0 radical (unpaired) electrons. The number of amides is 6. The third-order valence-corrected chi connectivity index (χ3v) is 18.1. The number of unbranched alkanes of at least 4 members (excludes halogenated alkanes) is 2. The lowest BCUT2D eigenvalue weighted by atomic mass is 9.88. The quantitative estimate of drug-likeness (QED) is 0.0281. The average Bonchev–Trinajstić information content (AvgIpc) is 0.791. The van der Waals surface area contributed by atoms with Crippen molar-refractivity contribution in [3.63, 3.8) is 0 Å². The Labute approximate surface area is 565 Å². The summed E-state index contributed by atoms with van der Waals surface area (Å²) in [5.74, 6) is -9.37. The van der Waals surface area contributed by atoms with Gasteiger partial charge < -0.3 is 97.4 Å². The maximum atomic E-state index is 13.4. The van der Waals surface area contributed by atoms with Gasteiger partial charge in [-0.25, -0.2) is 9.59 Å². The van der Waals surface area contributed by atoms with Crippen LogP contribution in [0.4, 0.5) is 0 Å². The van der Waals surface area contributed by atoms with Gasteiger partial charge in [0.1, 0.15) is 24.4 Å². The van der Waals surface area contributed by atoms with Gasteiger partial charge in [0.25, 0.3) is 23.4 Å². The van der Waals surface area contributed by atoms with Crippen LogP contribution in [0, 0.1) is 0 Å². The number of carboxylic acid groups (broad SMARTS) is 2. The predicted octanol–water partition coefficient (Wildman–Crippen LogP) is 1.68. The van der Waals surface area contributed by atoms with Crippen molar-refractivity contribution >= 4 is 70.9 Å². The Morgan fingerprint density at radius 2 is 1.08 bits per heavy atom. The number of aliphatic hydroxyl groups is 6. The zero-order valence-corrected chi connectivity index (χ0v) is 55.2. The van der Waals surface area contributed by atoms with Gasteiger partial charge in [0.05, 0.1) is 49.8 Å². The summed E-state index contributed by atoms with van der Waals surface area (Å²) in [4.78, 5) is 103. The second kappa shape index (κ2) is 40.0. The number of carbonyl (C=O) groups excluding carboxylic acids is 6. The highest BCUT2D eigenvalue weighted by atomic mass is 32.2. The number of carboxylic acids is 2. The van der Waals surface area contributed by atoms with Gasteiger partial charge in [0.2, 0.25) is 23.6 Å². The molecule has 2 heterocycles. The van der Waals surface area contributed by atoms with Crippen LogP contribution >= 0.6 is 23.5 Å². The summed E-state index contributed by atoms with van der Waals surface area (Å²) in [5, 5.41) is 103. The van der Waals surface area contributed by atoms with Crippen molar-refractivity contribution in [2.75, 3.05) is 68.9 Å². The highest BCUT2D eigenvalue weighted by Gasteiger charge is 2.56. The summed E-state index contributed by atoms with van der Waals surface area (Å²) in [7, 11) is 0. The van der Waals surface area contributed by atoms with Gasteiger partial charge in [-0.15, -0.1) is 0 Å². The third kappa shape index (κ3) is 24.5. The van der Waals surface area contributed by atoms with Crippen molar-refractivity contribution in [1.82, 2.24) is 31.9 Å². The van der Waals surface area contributed by atoms with Crippen LogP contribution in [0.5, 0.6) is 0 Å². The van der Waals surface area contributed by atoms with Crippen molar-refractivity contribution in [2.24, 2.45) is 5.73 Å². The Morgan fingerprint density at radius 1 is 0.583 bits per heavy atom. The minimum absolute atomic E-state index is 0.0205. The summed E-state index contributed by atoms with van der Waals surface area (Å²) in [5.41, 5.74) is 9.83. The standard InChI is InChI=1S/C67H91N7O20S2/c1-42(75)73-57-51(77)39-67(65(89)90,94-60(57)59(83)53(79)41-72-62(85)48-24-20-46(21-25-48)44-15-7-3-8-16-44)92-32-12-33-95-35-29-69-55(80)27-26-50(74-56(81)17-9-4-10-28-68)63(86)70-30-36-96-34-11-31-91-66(64(87)88)38-49(76)37-54(93-66)58(82)52(78)40-71-61(84)47-22-18-45(19-23-47)43-13-5-2-6-14-43/h2-3,5-8,13-16,18-25,49-54,57-60,76-79,82-83H,4,9-12,17,26-41,68H2,1H3,(H,69,80)(H,70,86)(H,71,84)(H,72,85)(H,73,75)(H,74,81)(H,87,88)(H,89,90)/t49-,50?,51+,52-,53-,54-,57-,58-,59-,60-,66-,67-/m1/s1. The molecule has 4 aromatic carbocycles. The summed E-state index contributed by atoms with van der Waals surface area (Å²) >= 11 is 2.81. The highest BCUT2D eigenvalue weighted by molar-refractivity contribution is 7.99. The number of aliphatic carboxylic acids is 2. The molecule has 12 atom stereocenters. The van der Waals surface area contributed by atoms with E-state index in [-0.39, 0.29) is 75.8 Å². The van der Waals surface area contributed by atoms with Gasteiger partial charge in [-0.05, 0) is 96.7 Å². The molecule has 96 heavy (non-hydrogen) atoms. The van der Waals surface area contributed by atoms with E-state index in [9.17, 15) is 79.2 Å².